The van der Waals surface area contributed by atoms with Crippen molar-refractivity contribution < 1.29 is 22.5 Å². The van der Waals surface area contributed by atoms with Crippen molar-refractivity contribution in [1.82, 2.24) is 0 Å². The molecule has 7 heteroatoms. The number of ether oxygens (including phenoxy) is 1. The van der Waals surface area contributed by atoms with Crippen LogP contribution in [0.3, 0.4) is 0 Å². The van der Waals surface area contributed by atoms with Crippen molar-refractivity contribution in [3.63, 3.8) is 0 Å². The maximum Gasteiger partial charge on any atom is 0.330 e. The first-order chi connectivity index (χ1) is 14.7. The SMILES string of the molecule is C=CC(=O)OCCCS(=O)(=O)O.CCCCCCC(CCC)P(CCCC)CCCC. The summed E-state index contributed by atoms with van der Waals surface area (Å²) < 4.78 is 33.0. The molecular formula is C24H49O5PS. The third-order valence-corrected chi connectivity index (χ3v) is 9.22. The summed E-state index contributed by atoms with van der Waals surface area (Å²) in [5, 5.41) is 0. The van der Waals surface area contributed by atoms with Gasteiger partial charge in [0.2, 0.25) is 0 Å². The van der Waals surface area contributed by atoms with Crippen LogP contribution in [0.15, 0.2) is 12.7 Å². The fourth-order valence-electron chi connectivity index (χ4n) is 3.32. The average Bonchev–Trinajstić information content (AvgIpc) is 2.73. The molecule has 0 radical (unpaired) electrons. The third kappa shape index (κ3) is 24.0. The molecule has 0 aliphatic heterocycles. The molecule has 0 spiro atoms. The van der Waals surface area contributed by atoms with Crippen LogP contribution in [0, 0.1) is 0 Å². The Balaban J connectivity index is 0. The van der Waals surface area contributed by atoms with Gasteiger partial charge in [0.25, 0.3) is 10.1 Å². The van der Waals surface area contributed by atoms with Crippen LogP contribution in [0.25, 0.3) is 0 Å². The number of hydrogen-bond acceptors (Lipinski definition) is 4. The maximum atomic E-state index is 10.4. The van der Waals surface area contributed by atoms with Gasteiger partial charge in [0.05, 0.1) is 12.4 Å². The highest BCUT2D eigenvalue weighted by molar-refractivity contribution is 7.85. The molecule has 0 aromatic heterocycles. The standard InChI is InChI=1S/C18H39P.C6H10O5S/c1-5-9-12-13-15-18(14-8-4)19(16-10-6-2)17-11-7-3;1-2-6(7)11-4-3-5-12(8,9)10/h18H,5-17H2,1-4H3;2H,1,3-5H2,(H,8,9,10). The van der Waals surface area contributed by atoms with Gasteiger partial charge in [-0.15, -0.1) is 7.92 Å². The smallest absolute Gasteiger partial charge is 0.330 e. The van der Waals surface area contributed by atoms with Crippen molar-refractivity contribution in [2.24, 2.45) is 0 Å². The van der Waals surface area contributed by atoms with Gasteiger partial charge in [-0.2, -0.15) is 8.42 Å². The lowest BCUT2D eigenvalue weighted by molar-refractivity contribution is -0.137. The Labute approximate surface area is 194 Å². The quantitative estimate of drug-likeness (QED) is 0.0695. The first-order valence-corrected chi connectivity index (χ1v) is 15.6. The highest BCUT2D eigenvalue weighted by atomic mass is 32.2. The summed E-state index contributed by atoms with van der Waals surface area (Å²) in [5.41, 5.74) is 1.09. The number of unbranched alkanes of at least 4 members (excludes halogenated alkanes) is 5. The minimum absolute atomic E-state index is 0.0371. The van der Waals surface area contributed by atoms with Crippen LogP contribution >= 0.6 is 7.92 Å². The molecule has 0 amide bonds. The van der Waals surface area contributed by atoms with Crippen LogP contribution in [0.4, 0.5) is 0 Å². The monoisotopic (exact) mass is 480 g/mol. The second kappa shape index (κ2) is 22.7. The molecule has 0 aliphatic carbocycles. The van der Waals surface area contributed by atoms with Gasteiger partial charge < -0.3 is 4.74 Å². The summed E-state index contributed by atoms with van der Waals surface area (Å²) in [6, 6.07) is 0. The molecule has 0 heterocycles. The van der Waals surface area contributed by atoms with Gasteiger partial charge in [-0.3, -0.25) is 4.55 Å². The van der Waals surface area contributed by atoms with Gasteiger partial charge in [-0.1, -0.05) is 79.2 Å². The molecule has 0 aromatic rings. The summed E-state index contributed by atoms with van der Waals surface area (Å²) in [6.45, 7) is 12.5. The van der Waals surface area contributed by atoms with E-state index in [0.717, 1.165) is 11.7 Å². The summed E-state index contributed by atoms with van der Waals surface area (Å²) in [6.07, 6.45) is 20.1. The highest BCUT2D eigenvalue weighted by Gasteiger charge is 2.18. The third-order valence-electron chi connectivity index (χ3n) is 5.08. The van der Waals surface area contributed by atoms with Gasteiger partial charge >= 0.3 is 5.97 Å². The predicted molar refractivity (Wildman–Crippen MR) is 136 cm³/mol. The second-order valence-corrected chi connectivity index (χ2v) is 12.4. The van der Waals surface area contributed by atoms with E-state index in [1.54, 1.807) is 12.3 Å². The van der Waals surface area contributed by atoms with Crippen molar-refractivity contribution >= 4 is 24.0 Å². The summed E-state index contributed by atoms with van der Waals surface area (Å²) in [7, 11) is -3.61. The molecule has 0 fully saturated rings. The van der Waals surface area contributed by atoms with Gasteiger partial charge in [-0.25, -0.2) is 4.79 Å². The Bertz CT molecular complexity index is 514. The van der Waals surface area contributed by atoms with E-state index in [9.17, 15) is 13.2 Å². The first-order valence-electron chi connectivity index (χ1n) is 12.2. The number of hydrogen-bond donors (Lipinski definition) is 1. The minimum atomic E-state index is -3.95. The molecule has 186 valence electrons. The fourth-order valence-corrected chi connectivity index (χ4v) is 7.37. The largest absolute Gasteiger partial charge is 0.463 e. The lowest BCUT2D eigenvalue weighted by Crippen LogP contribution is -2.10. The second-order valence-electron chi connectivity index (χ2n) is 8.05. The van der Waals surface area contributed by atoms with Crippen molar-refractivity contribution in [1.29, 1.82) is 0 Å². The molecule has 0 aliphatic rings. The van der Waals surface area contributed by atoms with E-state index < -0.39 is 21.8 Å². The molecule has 0 rings (SSSR count). The van der Waals surface area contributed by atoms with E-state index in [1.165, 1.54) is 70.6 Å². The van der Waals surface area contributed by atoms with Crippen molar-refractivity contribution in [3.05, 3.63) is 12.7 Å². The fraction of sp³-hybridized carbons (Fsp3) is 0.875. The Hall–Kier alpha value is -0.450. The Morgan fingerprint density at radius 1 is 0.903 bits per heavy atom. The molecule has 0 saturated heterocycles. The van der Waals surface area contributed by atoms with Crippen LogP contribution in [-0.2, 0) is 19.6 Å². The summed E-state index contributed by atoms with van der Waals surface area (Å²) >= 11 is 0. The Kier molecular flexibility index (Phi) is 24.0. The lowest BCUT2D eigenvalue weighted by Gasteiger charge is -2.28. The molecule has 1 unspecified atom stereocenters. The van der Waals surface area contributed by atoms with Crippen LogP contribution in [-0.4, -0.2) is 49.3 Å². The van der Waals surface area contributed by atoms with Gasteiger partial charge in [-0.05, 0) is 50.1 Å². The normalized spacial score (nSPS) is 12.2. The summed E-state index contributed by atoms with van der Waals surface area (Å²) in [5.74, 6) is -1.01. The predicted octanol–water partition coefficient (Wildman–Crippen LogP) is 7.20. The number of carbonyl (C=O) groups excluding carboxylic acids is 1. The summed E-state index contributed by atoms with van der Waals surface area (Å²) in [4.78, 5) is 10.4. The lowest BCUT2D eigenvalue weighted by atomic mass is 10.1. The van der Waals surface area contributed by atoms with E-state index in [4.69, 9.17) is 4.55 Å². The Morgan fingerprint density at radius 3 is 1.94 bits per heavy atom. The van der Waals surface area contributed by atoms with Gasteiger partial charge in [0, 0.05) is 6.08 Å². The molecule has 0 bridgehead atoms. The zero-order valence-electron chi connectivity index (χ0n) is 20.6. The van der Waals surface area contributed by atoms with Crippen LogP contribution in [0.1, 0.15) is 105 Å². The average molecular weight is 481 g/mol. The zero-order valence-corrected chi connectivity index (χ0v) is 22.3. The first kappa shape index (κ1) is 32.7. The van der Waals surface area contributed by atoms with Crippen molar-refractivity contribution in [2.75, 3.05) is 24.7 Å². The van der Waals surface area contributed by atoms with Crippen LogP contribution in [0.2, 0.25) is 0 Å². The minimum Gasteiger partial charge on any atom is -0.463 e. The molecule has 31 heavy (non-hydrogen) atoms. The van der Waals surface area contributed by atoms with Crippen molar-refractivity contribution in [2.45, 2.75) is 110 Å². The molecule has 1 atom stereocenters. The van der Waals surface area contributed by atoms with Crippen LogP contribution < -0.4 is 0 Å². The molecule has 0 saturated carbocycles. The zero-order chi connectivity index (χ0) is 24.0. The van der Waals surface area contributed by atoms with Gasteiger partial charge in [0.15, 0.2) is 0 Å². The van der Waals surface area contributed by atoms with Gasteiger partial charge in [0.1, 0.15) is 0 Å². The number of rotatable bonds is 19. The molecule has 5 nitrogen and oxygen atoms in total. The molecular weight excluding hydrogens is 431 g/mol. The van der Waals surface area contributed by atoms with Crippen LogP contribution in [0.5, 0.6) is 0 Å². The van der Waals surface area contributed by atoms with E-state index in [-0.39, 0.29) is 13.0 Å². The highest BCUT2D eigenvalue weighted by Crippen LogP contribution is 2.47. The topological polar surface area (TPSA) is 80.7 Å². The Morgan fingerprint density at radius 2 is 1.48 bits per heavy atom. The number of esters is 1. The van der Waals surface area contributed by atoms with E-state index in [2.05, 4.69) is 39.0 Å². The van der Waals surface area contributed by atoms with E-state index in [0.29, 0.717) is 7.92 Å². The number of carbonyl (C=O) groups is 1. The molecule has 0 aromatic carbocycles. The van der Waals surface area contributed by atoms with E-state index >= 15 is 0 Å². The van der Waals surface area contributed by atoms with Crippen molar-refractivity contribution in [3.8, 4) is 0 Å². The molecule has 1 N–H and O–H groups in total. The maximum absolute atomic E-state index is 10.4. The van der Waals surface area contributed by atoms with E-state index in [1.807, 2.05) is 0 Å².